The first-order valence-corrected chi connectivity index (χ1v) is 6.82. The number of carbonyl (C=O) groups is 1. The summed E-state index contributed by atoms with van der Waals surface area (Å²) < 4.78 is 7.19. The lowest BCUT2D eigenvalue weighted by atomic mass is 10.2. The summed E-state index contributed by atoms with van der Waals surface area (Å²) in [6.07, 6.45) is 3.16. The van der Waals surface area contributed by atoms with Crippen molar-refractivity contribution in [3.8, 4) is 5.75 Å². The van der Waals surface area contributed by atoms with E-state index in [0.29, 0.717) is 17.0 Å². The van der Waals surface area contributed by atoms with Gasteiger partial charge in [0.2, 0.25) is 0 Å². The van der Waals surface area contributed by atoms with E-state index in [1.165, 1.54) is 0 Å². The van der Waals surface area contributed by atoms with Crippen LogP contribution in [0.2, 0.25) is 0 Å². The molecule has 3 aromatic rings. The standard InChI is InChI=1S/C16H16N4O2/c1-10-18-12-8-11(4-5-14(12)20(10)2)16(21)19-13-9-17-7-6-15(13)22-3/h4-9H,1-3H3,(H,19,21). The summed E-state index contributed by atoms with van der Waals surface area (Å²) >= 11 is 0. The van der Waals surface area contributed by atoms with E-state index in [1.54, 1.807) is 37.7 Å². The number of methoxy groups -OCH3 is 1. The summed E-state index contributed by atoms with van der Waals surface area (Å²) in [5.41, 5.74) is 2.86. The number of anilines is 1. The average Bonchev–Trinajstić information content (AvgIpc) is 2.82. The molecule has 0 saturated heterocycles. The predicted octanol–water partition coefficient (Wildman–Crippen LogP) is 2.54. The van der Waals surface area contributed by atoms with Crippen molar-refractivity contribution in [2.75, 3.05) is 12.4 Å². The van der Waals surface area contributed by atoms with Gasteiger partial charge in [-0.05, 0) is 25.1 Å². The number of aromatic nitrogens is 3. The van der Waals surface area contributed by atoms with Gasteiger partial charge in [-0.1, -0.05) is 0 Å². The molecule has 0 aliphatic carbocycles. The van der Waals surface area contributed by atoms with Gasteiger partial charge in [0.05, 0.1) is 24.3 Å². The lowest BCUT2D eigenvalue weighted by Crippen LogP contribution is -2.12. The number of ether oxygens (including phenoxy) is 1. The zero-order valence-electron chi connectivity index (χ0n) is 12.6. The fraction of sp³-hybridized carbons (Fsp3) is 0.188. The number of aryl methyl sites for hydroxylation is 2. The molecule has 2 heterocycles. The van der Waals surface area contributed by atoms with Gasteiger partial charge in [-0.15, -0.1) is 0 Å². The molecule has 1 amide bonds. The molecule has 0 radical (unpaired) electrons. The monoisotopic (exact) mass is 296 g/mol. The predicted molar refractivity (Wildman–Crippen MR) is 84.2 cm³/mol. The highest BCUT2D eigenvalue weighted by atomic mass is 16.5. The molecule has 0 unspecified atom stereocenters. The molecule has 1 aromatic carbocycles. The summed E-state index contributed by atoms with van der Waals surface area (Å²) in [5, 5.41) is 2.80. The van der Waals surface area contributed by atoms with Crippen molar-refractivity contribution in [2.24, 2.45) is 7.05 Å². The van der Waals surface area contributed by atoms with Crippen LogP contribution in [0.3, 0.4) is 0 Å². The molecule has 0 spiro atoms. The average molecular weight is 296 g/mol. The van der Waals surface area contributed by atoms with E-state index in [0.717, 1.165) is 16.9 Å². The zero-order chi connectivity index (χ0) is 15.7. The molecule has 22 heavy (non-hydrogen) atoms. The van der Waals surface area contributed by atoms with Crippen LogP contribution < -0.4 is 10.1 Å². The first-order chi connectivity index (χ1) is 10.6. The van der Waals surface area contributed by atoms with Crippen LogP contribution in [0, 0.1) is 6.92 Å². The Kier molecular flexibility index (Phi) is 3.50. The largest absolute Gasteiger partial charge is 0.494 e. The second-order valence-electron chi connectivity index (χ2n) is 4.95. The summed E-state index contributed by atoms with van der Waals surface area (Å²) in [5.74, 6) is 1.25. The second-order valence-corrected chi connectivity index (χ2v) is 4.95. The number of imidazole rings is 1. The van der Waals surface area contributed by atoms with Crippen LogP contribution in [0.1, 0.15) is 16.2 Å². The van der Waals surface area contributed by atoms with E-state index in [-0.39, 0.29) is 5.91 Å². The minimum atomic E-state index is -0.225. The Morgan fingerprint density at radius 1 is 1.32 bits per heavy atom. The van der Waals surface area contributed by atoms with Gasteiger partial charge in [0, 0.05) is 24.9 Å². The third kappa shape index (κ3) is 2.39. The SMILES string of the molecule is COc1ccncc1NC(=O)c1ccc2c(c1)nc(C)n2C. The van der Waals surface area contributed by atoms with Crippen molar-refractivity contribution in [1.82, 2.24) is 14.5 Å². The van der Waals surface area contributed by atoms with E-state index in [4.69, 9.17) is 4.74 Å². The van der Waals surface area contributed by atoms with Gasteiger partial charge in [-0.3, -0.25) is 9.78 Å². The Morgan fingerprint density at radius 2 is 2.14 bits per heavy atom. The maximum atomic E-state index is 12.4. The van der Waals surface area contributed by atoms with Gasteiger partial charge in [-0.2, -0.15) is 0 Å². The van der Waals surface area contributed by atoms with Crippen LogP contribution in [0.4, 0.5) is 5.69 Å². The van der Waals surface area contributed by atoms with Gasteiger partial charge in [0.15, 0.2) is 0 Å². The Balaban J connectivity index is 1.92. The number of fused-ring (bicyclic) bond motifs is 1. The molecule has 2 aromatic heterocycles. The van der Waals surface area contributed by atoms with E-state index >= 15 is 0 Å². The number of carbonyl (C=O) groups excluding carboxylic acids is 1. The first kappa shape index (κ1) is 14.1. The highest BCUT2D eigenvalue weighted by molar-refractivity contribution is 6.06. The van der Waals surface area contributed by atoms with Gasteiger partial charge < -0.3 is 14.6 Å². The number of nitrogens with zero attached hydrogens (tertiary/aromatic N) is 3. The fourth-order valence-corrected chi connectivity index (χ4v) is 2.31. The Morgan fingerprint density at radius 3 is 2.91 bits per heavy atom. The third-order valence-corrected chi connectivity index (χ3v) is 3.62. The number of hydrogen-bond acceptors (Lipinski definition) is 4. The van der Waals surface area contributed by atoms with Gasteiger partial charge in [0.25, 0.3) is 5.91 Å². The lowest BCUT2D eigenvalue weighted by Gasteiger charge is -2.09. The normalized spacial score (nSPS) is 10.7. The van der Waals surface area contributed by atoms with Gasteiger partial charge in [-0.25, -0.2) is 4.98 Å². The van der Waals surface area contributed by atoms with Crippen molar-refractivity contribution in [3.63, 3.8) is 0 Å². The first-order valence-electron chi connectivity index (χ1n) is 6.82. The van der Waals surface area contributed by atoms with E-state index < -0.39 is 0 Å². The number of benzene rings is 1. The van der Waals surface area contributed by atoms with E-state index in [2.05, 4.69) is 15.3 Å². The molecule has 6 nitrogen and oxygen atoms in total. The van der Waals surface area contributed by atoms with Crippen molar-refractivity contribution in [3.05, 3.63) is 48.0 Å². The molecule has 0 saturated carbocycles. The number of pyridine rings is 1. The lowest BCUT2D eigenvalue weighted by molar-refractivity contribution is 0.102. The quantitative estimate of drug-likeness (QED) is 0.806. The maximum Gasteiger partial charge on any atom is 0.255 e. The Bertz CT molecular complexity index is 854. The summed E-state index contributed by atoms with van der Waals surface area (Å²) in [7, 11) is 3.50. The second kappa shape index (κ2) is 5.48. The smallest absolute Gasteiger partial charge is 0.255 e. The molecule has 0 fully saturated rings. The summed E-state index contributed by atoms with van der Waals surface area (Å²) in [6.45, 7) is 1.93. The van der Waals surface area contributed by atoms with Crippen LogP contribution in [-0.2, 0) is 7.05 Å². The highest BCUT2D eigenvalue weighted by Crippen LogP contribution is 2.23. The Labute approximate surface area is 127 Å². The molecule has 0 atom stereocenters. The Hall–Kier alpha value is -2.89. The molecular formula is C16H16N4O2. The van der Waals surface area contributed by atoms with Crippen LogP contribution in [0.15, 0.2) is 36.7 Å². The van der Waals surface area contributed by atoms with Crippen LogP contribution in [0.25, 0.3) is 11.0 Å². The topological polar surface area (TPSA) is 69.0 Å². The molecule has 6 heteroatoms. The summed E-state index contributed by atoms with van der Waals surface area (Å²) in [4.78, 5) is 20.8. The highest BCUT2D eigenvalue weighted by Gasteiger charge is 2.12. The van der Waals surface area contributed by atoms with Crippen molar-refractivity contribution in [2.45, 2.75) is 6.92 Å². The number of amides is 1. The van der Waals surface area contributed by atoms with Gasteiger partial charge >= 0.3 is 0 Å². The molecule has 0 aliphatic heterocycles. The molecule has 3 rings (SSSR count). The molecule has 0 aliphatic rings. The minimum absolute atomic E-state index is 0.225. The van der Waals surface area contributed by atoms with Crippen LogP contribution in [-0.4, -0.2) is 27.6 Å². The maximum absolute atomic E-state index is 12.4. The third-order valence-electron chi connectivity index (χ3n) is 3.62. The van der Waals surface area contributed by atoms with Crippen LogP contribution >= 0.6 is 0 Å². The number of nitrogens with one attached hydrogen (secondary N) is 1. The zero-order valence-corrected chi connectivity index (χ0v) is 12.6. The minimum Gasteiger partial charge on any atom is -0.494 e. The number of hydrogen-bond donors (Lipinski definition) is 1. The van der Waals surface area contributed by atoms with Crippen molar-refractivity contribution < 1.29 is 9.53 Å². The molecule has 1 N–H and O–H groups in total. The molecule has 0 bridgehead atoms. The van der Waals surface area contributed by atoms with Gasteiger partial charge in [0.1, 0.15) is 17.3 Å². The fourth-order valence-electron chi connectivity index (χ4n) is 2.31. The van der Waals surface area contributed by atoms with E-state index in [1.807, 2.05) is 24.6 Å². The van der Waals surface area contributed by atoms with Crippen LogP contribution in [0.5, 0.6) is 5.75 Å². The van der Waals surface area contributed by atoms with Crippen molar-refractivity contribution in [1.29, 1.82) is 0 Å². The summed E-state index contributed by atoms with van der Waals surface area (Å²) in [6, 6.07) is 7.15. The molecule has 112 valence electrons. The van der Waals surface area contributed by atoms with E-state index in [9.17, 15) is 4.79 Å². The molecular weight excluding hydrogens is 280 g/mol. The van der Waals surface area contributed by atoms with Crippen molar-refractivity contribution >= 4 is 22.6 Å². The number of rotatable bonds is 3.